The highest BCUT2D eigenvalue weighted by Crippen LogP contribution is 2.33. The van der Waals surface area contributed by atoms with E-state index in [1.54, 1.807) is 19.1 Å². The zero-order valence-electron chi connectivity index (χ0n) is 32.3. The van der Waals surface area contributed by atoms with Crippen molar-refractivity contribution in [3.05, 3.63) is 77.4 Å². The Morgan fingerprint density at radius 2 is 1.30 bits per heavy atom. The van der Waals surface area contributed by atoms with E-state index in [0.29, 0.717) is 24.2 Å². The standard InChI is InChI=1S/C43H54N2O9/c1-7-9-10-11-12-14-33-16-18-37(34(8-2)25-33)35-17-19-38(36(26-35)15-13-24-50-41(48)31(3)4)51-27-43(28-52-39(46)20-22-44,29-53-40(47)21-23-45)30-54-42(49)32(5)6/h16-19,25-26H,3,5,7-15,20-21,24,27-30H2,1-2,4,6H3. The van der Waals surface area contributed by atoms with Gasteiger partial charge in [0.15, 0.2) is 0 Å². The number of carbonyl (C=O) groups excluding carboxylic acids is 4. The highest BCUT2D eigenvalue weighted by Gasteiger charge is 2.38. The van der Waals surface area contributed by atoms with Gasteiger partial charge in [-0.3, -0.25) is 9.59 Å². The Morgan fingerprint density at radius 1 is 0.685 bits per heavy atom. The van der Waals surface area contributed by atoms with Crippen LogP contribution in [-0.2, 0) is 57.4 Å². The normalized spacial score (nSPS) is 10.7. The van der Waals surface area contributed by atoms with E-state index in [1.165, 1.54) is 43.7 Å². The highest BCUT2D eigenvalue weighted by atomic mass is 16.6. The van der Waals surface area contributed by atoms with Crippen molar-refractivity contribution in [2.45, 2.75) is 98.3 Å². The first-order valence-electron chi connectivity index (χ1n) is 18.5. The Balaban J connectivity index is 2.51. The maximum atomic E-state index is 12.5. The monoisotopic (exact) mass is 742 g/mol. The molecule has 0 unspecified atom stereocenters. The zero-order valence-corrected chi connectivity index (χ0v) is 32.3. The summed E-state index contributed by atoms with van der Waals surface area (Å²) in [6.07, 6.45) is 7.81. The van der Waals surface area contributed by atoms with Crippen LogP contribution in [0.25, 0.3) is 11.1 Å². The smallest absolute Gasteiger partial charge is 0.333 e. The van der Waals surface area contributed by atoms with Crippen molar-refractivity contribution in [2.24, 2.45) is 5.41 Å². The SMILES string of the molecule is C=C(C)C(=O)OCCCc1cc(-c2ccc(CCCCCCC)cc2CC)ccc1OCC(COC(=O)CC#N)(COC(=O)CC#N)COC(=O)C(=C)C. The lowest BCUT2D eigenvalue weighted by molar-refractivity contribution is -0.162. The van der Waals surface area contributed by atoms with E-state index in [2.05, 4.69) is 45.2 Å². The van der Waals surface area contributed by atoms with E-state index in [1.807, 2.05) is 18.2 Å². The third-order valence-electron chi connectivity index (χ3n) is 8.58. The molecule has 0 fully saturated rings. The van der Waals surface area contributed by atoms with Crippen LogP contribution in [0.5, 0.6) is 5.75 Å². The molecule has 0 radical (unpaired) electrons. The summed E-state index contributed by atoms with van der Waals surface area (Å²) in [5.41, 5.74) is 4.35. The molecule has 0 aliphatic carbocycles. The van der Waals surface area contributed by atoms with Gasteiger partial charge in [-0.1, -0.05) is 77.0 Å². The molecule has 0 amide bonds. The van der Waals surface area contributed by atoms with Crippen molar-refractivity contribution in [3.63, 3.8) is 0 Å². The van der Waals surface area contributed by atoms with Gasteiger partial charge >= 0.3 is 23.9 Å². The Kier molecular flexibility index (Phi) is 19.9. The van der Waals surface area contributed by atoms with E-state index in [0.717, 1.165) is 36.0 Å². The van der Waals surface area contributed by atoms with E-state index >= 15 is 0 Å². The van der Waals surface area contributed by atoms with Gasteiger partial charge in [0.25, 0.3) is 0 Å². The first-order chi connectivity index (χ1) is 25.9. The Labute approximate surface area is 319 Å². The number of benzene rings is 2. The molecule has 54 heavy (non-hydrogen) atoms. The molecule has 2 aromatic rings. The van der Waals surface area contributed by atoms with Crippen molar-refractivity contribution in [3.8, 4) is 29.0 Å². The Bertz CT molecular complexity index is 1670. The molecule has 11 heteroatoms. The Hall–Kier alpha value is -5.42. The number of rotatable bonds is 25. The largest absolute Gasteiger partial charge is 0.492 e. The molecule has 0 bridgehead atoms. The van der Waals surface area contributed by atoms with Crippen LogP contribution in [0.2, 0.25) is 0 Å². The molecule has 2 aromatic carbocycles. The topological polar surface area (TPSA) is 162 Å². The van der Waals surface area contributed by atoms with Gasteiger partial charge in [0.2, 0.25) is 0 Å². The van der Waals surface area contributed by atoms with Crippen molar-refractivity contribution in [2.75, 3.05) is 33.0 Å². The number of ether oxygens (including phenoxy) is 5. The maximum absolute atomic E-state index is 12.5. The zero-order chi connectivity index (χ0) is 39.9. The van der Waals surface area contributed by atoms with Crippen LogP contribution < -0.4 is 4.74 Å². The number of nitrogens with zero attached hydrogens (tertiary/aromatic N) is 2. The van der Waals surface area contributed by atoms with Crippen molar-refractivity contribution < 1.29 is 42.9 Å². The predicted octanol–water partition coefficient (Wildman–Crippen LogP) is 7.88. The van der Waals surface area contributed by atoms with Gasteiger partial charge in [0, 0.05) is 11.1 Å². The molecular weight excluding hydrogens is 688 g/mol. The Morgan fingerprint density at radius 3 is 1.89 bits per heavy atom. The second-order valence-electron chi connectivity index (χ2n) is 13.5. The minimum Gasteiger partial charge on any atom is -0.492 e. The predicted molar refractivity (Wildman–Crippen MR) is 204 cm³/mol. The number of hydrogen-bond acceptors (Lipinski definition) is 11. The van der Waals surface area contributed by atoms with Gasteiger partial charge in [-0.15, -0.1) is 0 Å². The fourth-order valence-electron chi connectivity index (χ4n) is 5.46. The van der Waals surface area contributed by atoms with Crippen molar-refractivity contribution in [1.82, 2.24) is 0 Å². The molecule has 2 rings (SSSR count). The minimum atomic E-state index is -1.43. The summed E-state index contributed by atoms with van der Waals surface area (Å²) < 4.78 is 27.9. The molecule has 0 saturated carbocycles. The van der Waals surface area contributed by atoms with Crippen LogP contribution in [0.3, 0.4) is 0 Å². The molecule has 0 atom stereocenters. The van der Waals surface area contributed by atoms with Crippen LogP contribution >= 0.6 is 0 Å². The fourth-order valence-corrected chi connectivity index (χ4v) is 5.46. The molecule has 0 spiro atoms. The molecule has 0 N–H and O–H groups in total. The van der Waals surface area contributed by atoms with Crippen LogP contribution in [0, 0.1) is 28.1 Å². The van der Waals surface area contributed by atoms with Gasteiger partial charge in [-0.05, 0) is 85.9 Å². The second kappa shape index (κ2) is 24.0. The molecule has 290 valence electrons. The van der Waals surface area contributed by atoms with Gasteiger partial charge in [-0.25, -0.2) is 9.59 Å². The number of unbranched alkanes of at least 4 members (excludes halogenated alkanes) is 4. The average molecular weight is 743 g/mol. The van der Waals surface area contributed by atoms with E-state index < -0.39 is 62.0 Å². The molecule has 0 heterocycles. The van der Waals surface area contributed by atoms with Gasteiger partial charge < -0.3 is 23.7 Å². The molecule has 11 nitrogen and oxygen atoms in total. The van der Waals surface area contributed by atoms with E-state index in [4.69, 9.17) is 34.2 Å². The summed E-state index contributed by atoms with van der Waals surface area (Å²) in [6.45, 7) is 13.2. The summed E-state index contributed by atoms with van der Waals surface area (Å²) in [6, 6.07) is 15.8. The first-order valence-corrected chi connectivity index (χ1v) is 18.5. The van der Waals surface area contributed by atoms with Crippen LogP contribution in [0.15, 0.2) is 60.7 Å². The van der Waals surface area contributed by atoms with Gasteiger partial charge in [0.1, 0.15) is 50.4 Å². The number of nitriles is 2. The summed E-state index contributed by atoms with van der Waals surface area (Å²) >= 11 is 0. The highest BCUT2D eigenvalue weighted by molar-refractivity contribution is 5.87. The minimum absolute atomic E-state index is 0.115. The third kappa shape index (κ3) is 15.7. The molecular formula is C43H54N2O9. The lowest BCUT2D eigenvalue weighted by Gasteiger charge is -2.32. The molecule has 0 aliphatic rings. The van der Waals surface area contributed by atoms with E-state index in [9.17, 15) is 19.2 Å². The lowest BCUT2D eigenvalue weighted by Crippen LogP contribution is -2.44. The van der Waals surface area contributed by atoms with Crippen LogP contribution in [0.4, 0.5) is 0 Å². The first kappa shape index (κ1) is 44.7. The summed E-state index contributed by atoms with van der Waals surface area (Å²) in [7, 11) is 0. The average Bonchev–Trinajstić information content (AvgIpc) is 3.15. The van der Waals surface area contributed by atoms with Crippen molar-refractivity contribution >= 4 is 23.9 Å². The number of hydrogen-bond donors (Lipinski definition) is 0. The third-order valence-corrected chi connectivity index (χ3v) is 8.58. The van der Waals surface area contributed by atoms with E-state index in [-0.39, 0.29) is 18.8 Å². The maximum Gasteiger partial charge on any atom is 0.333 e. The summed E-state index contributed by atoms with van der Waals surface area (Å²) in [5.74, 6) is -2.42. The second-order valence-corrected chi connectivity index (χ2v) is 13.5. The van der Waals surface area contributed by atoms with Gasteiger partial charge in [-0.2, -0.15) is 10.5 Å². The fraction of sp³-hybridized carbons (Fsp3) is 0.488. The lowest BCUT2D eigenvalue weighted by atomic mass is 9.91. The van der Waals surface area contributed by atoms with Crippen LogP contribution in [-0.4, -0.2) is 56.9 Å². The number of aryl methyl sites for hydroxylation is 3. The van der Waals surface area contributed by atoms with Crippen molar-refractivity contribution in [1.29, 1.82) is 10.5 Å². The molecule has 0 saturated heterocycles. The molecule has 0 aliphatic heterocycles. The number of carbonyl (C=O) groups is 4. The summed E-state index contributed by atoms with van der Waals surface area (Å²) in [4.78, 5) is 49.1. The summed E-state index contributed by atoms with van der Waals surface area (Å²) in [5, 5.41) is 18.0. The quantitative estimate of drug-likeness (QED) is 0.0421. The number of esters is 4. The van der Waals surface area contributed by atoms with Gasteiger partial charge in [0.05, 0.1) is 18.7 Å². The molecule has 0 aromatic heterocycles. The van der Waals surface area contributed by atoms with Crippen LogP contribution in [0.1, 0.15) is 95.8 Å².